The summed E-state index contributed by atoms with van der Waals surface area (Å²) in [5.41, 5.74) is 1.41. The molecule has 0 saturated heterocycles. The zero-order valence-electron chi connectivity index (χ0n) is 15.8. The fourth-order valence-corrected chi connectivity index (χ4v) is 3.92. The molecule has 152 valence electrons. The normalized spacial score (nSPS) is 12.6. The van der Waals surface area contributed by atoms with Crippen molar-refractivity contribution in [2.45, 2.75) is 6.54 Å². The Morgan fingerprint density at radius 3 is 2.48 bits per heavy atom. The molecule has 1 aromatic heterocycles. The summed E-state index contributed by atoms with van der Waals surface area (Å²) >= 11 is 0. The Kier molecular flexibility index (Phi) is 3.87. The van der Waals surface area contributed by atoms with Crippen molar-refractivity contribution < 1.29 is 24.7 Å². The molecule has 0 bridgehead atoms. The molecular formula is C22H13N3O6. The summed E-state index contributed by atoms with van der Waals surface area (Å²) in [7, 11) is 0. The van der Waals surface area contributed by atoms with Crippen LogP contribution < -0.4 is 0 Å². The molecule has 5 rings (SSSR count). The third-order valence-corrected chi connectivity index (χ3v) is 5.33. The second kappa shape index (κ2) is 6.49. The number of imidazole rings is 1. The first-order valence-electron chi connectivity index (χ1n) is 9.21. The Morgan fingerprint density at radius 1 is 0.935 bits per heavy atom. The van der Waals surface area contributed by atoms with Crippen molar-refractivity contribution in [2.24, 2.45) is 0 Å². The molecule has 0 amide bonds. The number of ketones is 2. The summed E-state index contributed by atoms with van der Waals surface area (Å²) in [5, 5.41) is 31.5. The fraction of sp³-hybridized carbons (Fsp3) is 0.0455. The summed E-state index contributed by atoms with van der Waals surface area (Å²) in [5.74, 6) is -1.76. The Labute approximate surface area is 174 Å². The maximum Gasteiger partial charge on any atom is 0.271 e. The minimum absolute atomic E-state index is 0.0539. The maximum atomic E-state index is 13.0. The molecule has 0 unspecified atom stereocenters. The van der Waals surface area contributed by atoms with E-state index in [0.717, 1.165) is 0 Å². The van der Waals surface area contributed by atoms with E-state index in [1.807, 2.05) is 0 Å². The van der Waals surface area contributed by atoms with Crippen LogP contribution in [0.15, 0.2) is 54.9 Å². The number of carbonyl (C=O) groups excluding carboxylic acids is 2. The van der Waals surface area contributed by atoms with Crippen LogP contribution in [0.2, 0.25) is 0 Å². The molecule has 0 aliphatic heterocycles. The first-order valence-corrected chi connectivity index (χ1v) is 9.21. The first kappa shape index (κ1) is 18.5. The number of carbonyl (C=O) groups is 2. The summed E-state index contributed by atoms with van der Waals surface area (Å²) in [6.45, 7) is 0.212. The van der Waals surface area contributed by atoms with Gasteiger partial charge in [0.25, 0.3) is 5.69 Å². The van der Waals surface area contributed by atoms with E-state index in [1.165, 1.54) is 48.8 Å². The number of aromatic hydroxyl groups is 2. The van der Waals surface area contributed by atoms with E-state index in [0.29, 0.717) is 16.6 Å². The minimum atomic E-state index is -0.618. The molecule has 4 aromatic rings. The second-order valence-corrected chi connectivity index (χ2v) is 7.20. The van der Waals surface area contributed by atoms with E-state index in [9.17, 15) is 29.9 Å². The lowest BCUT2D eigenvalue weighted by Crippen LogP contribution is -2.21. The van der Waals surface area contributed by atoms with Crippen LogP contribution in [0, 0.1) is 10.1 Å². The van der Waals surface area contributed by atoms with Crippen molar-refractivity contribution in [1.82, 2.24) is 9.55 Å². The second-order valence-electron chi connectivity index (χ2n) is 7.20. The molecule has 0 saturated carbocycles. The summed E-state index contributed by atoms with van der Waals surface area (Å²) in [6, 6.07) is 11.5. The average Bonchev–Trinajstić information content (AvgIpc) is 3.13. The number of nitrogens with zero attached hydrogens (tertiary/aromatic N) is 3. The molecule has 0 atom stereocenters. The Morgan fingerprint density at radius 2 is 1.71 bits per heavy atom. The molecule has 1 heterocycles. The third-order valence-electron chi connectivity index (χ3n) is 5.33. The van der Waals surface area contributed by atoms with E-state index < -0.39 is 16.5 Å². The van der Waals surface area contributed by atoms with Crippen LogP contribution in [0.3, 0.4) is 0 Å². The van der Waals surface area contributed by atoms with Crippen LogP contribution >= 0.6 is 0 Å². The molecule has 0 spiro atoms. The predicted octanol–water partition coefficient (Wildman–Crippen LogP) is 3.18. The highest BCUT2D eigenvalue weighted by atomic mass is 16.6. The topological polar surface area (TPSA) is 136 Å². The van der Waals surface area contributed by atoms with Gasteiger partial charge in [-0.2, -0.15) is 0 Å². The van der Waals surface area contributed by atoms with E-state index in [1.54, 1.807) is 10.6 Å². The Balaban J connectivity index is 1.58. The molecule has 9 heteroatoms. The molecule has 0 fully saturated rings. The van der Waals surface area contributed by atoms with Crippen LogP contribution in [-0.4, -0.2) is 36.3 Å². The van der Waals surface area contributed by atoms with Gasteiger partial charge in [-0.3, -0.25) is 19.7 Å². The zero-order chi connectivity index (χ0) is 21.9. The van der Waals surface area contributed by atoms with Gasteiger partial charge in [0.05, 0.1) is 33.4 Å². The summed E-state index contributed by atoms with van der Waals surface area (Å²) in [6.07, 6.45) is 1.51. The van der Waals surface area contributed by atoms with E-state index >= 15 is 0 Å². The number of fused-ring (bicyclic) bond motifs is 3. The molecule has 1 aliphatic rings. The molecule has 31 heavy (non-hydrogen) atoms. The van der Waals surface area contributed by atoms with Gasteiger partial charge in [-0.1, -0.05) is 12.1 Å². The number of rotatable bonds is 3. The first-order chi connectivity index (χ1) is 14.8. The van der Waals surface area contributed by atoms with Gasteiger partial charge in [-0.25, -0.2) is 4.98 Å². The van der Waals surface area contributed by atoms with Crippen LogP contribution in [0.1, 0.15) is 37.4 Å². The van der Waals surface area contributed by atoms with Crippen LogP contribution in [0.4, 0.5) is 5.69 Å². The summed E-state index contributed by atoms with van der Waals surface area (Å²) in [4.78, 5) is 40.4. The van der Waals surface area contributed by atoms with E-state index in [4.69, 9.17) is 0 Å². The molecule has 3 aromatic carbocycles. The van der Waals surface area contributed by atoms with Crippen LogP contribution in [0.5, 0.6) is 11.5 Å². The number of phenols is 2. The van der Waals surface area contributed by atoms with Crippen molar-refractivity contribution >= 4 is 28.3 Å². The lowest BCUT2D eigenvalue weighted by molar-refractivity contribution is -0.384. The zero-order valence-corrected chi connectivity index (χ0v) is 15.8. The Hall–Kier alpha value is -4.53. The average molecular weight is 415 g/mol. The number of benzene rings is 3. The molecule has 0 radical (unpaired) electrons. The highest BCUT2D eigenvalue weighted by Crippen LogP contribution is 2.37. The van der Waals surface area contributed by atoms with Crippen molar-refractivity contribution in [3.05, 3.63) is 92.8 Å². The van der Waals surface area contributed by atoms with Crippen LogP contribution in [0.25, 0.3) is 11.0 Å². The molecular weight excluding hydrogens is 402 g/mol. The van der Waals surface area contributed by atoms with Gasteiger partial charge in [0.2, 0.25) is 5.78 Å². The van der Waals surface area contributed by atoms with Crippen molar-refractivity contribution in [1.29, 1.82) is 0 Å². The Bertz CT molecular complexity index is 1450. The van der Waals surface area contributed by atoms with Crippen molar-refractivity contribution in [2.75, 3.05) is 0 Å². The highest BCUT2D eigenvalue weighted by molar-refractivity contribution is 6.30. The molecule has 1 aliphatic carbocycles. The number of nitro benzene ring substituents is 1. The lowest BCUT2D eigenvalue weighted by Gasteiger charge is -2.20. The smallest absolute Gasteiger partial charge is 0.271 e. The van der Waals surface area contributed by atoms with Gasteiger partial charge in [0, 0.05) is 29.8 Å². The number of phenolic OH excluding ortho intramolecular Hbond substituents is 2. The van der Waals surface area contributed by atoms with E-state index in [2.05, 4.69) is 4.98 Å². The van der Waals surface area contributed by atoms with Crippen LogP contribution in [-0.2, 0) is 6.54 Å². The lowest BCUT2D eigenvalue weighted by atomic mass is 9.82. The quantitative estimate of drug-likeness (QED) is 0.341. The minimum Gasteiger partial charge on any atom is -0.507 e. The predicted molar refractivity (Wildman–Crippen MR) is 109 cm³/mol. The SMILES string of the molecule is O=C1c2cccc(O)c2C(=O)c2c(O)cc(Cn3cnc4cc([N+](=O)[O-])ccc43)cc21. The number of hydrogen-bond donors (Lipinski definition) is 2. The van der Waals surface area contributed by atoms with E-state index in [-0.39, 0.29) is 46.0 Å². The highest BCUT2D eigenvalue weighted by Gasteiger charge is 2.34. The molecule has 9 nitrogen and oxygen atoms in total. The number of non-ortho nitro benzene ring substituents is 1. The number of hydrogen-bond acceptors (Lipinski definition) is 7. The van der Waals surface area contributed by atoms with Gasteiger partial charge in [0.15, 0.2) is 5.78 Å². The number of nitro groups is 1. The van der Waals surface area contributed by atoms with Gasteiger partial charge in [-0.15, -0.1) is 0 Å². The number of aromatic nitrogens is 2. The van der Waals surface area contributed by atoms with Gasteiger partial charge in [-0.05, 0) is 29.8 Å². The molecule has 2 N–H and O–H groups in total. The third kappa shape index (κ3) is 2.75. The van der Waals surface area contributed by atoms with Gasteiger partial charge < -0.3 is 14.8 Å². The van der Waals surface area contributed by atoms with Crippen molar-refractivity contribution in [3.8, 4) is 11.5 Å². The van der Waals surface area contributed by atoms with Gasteiger partial charge >= 0.3 is 0 Å². The largest absolute Gasteiger partial charge is 0.507 e. The maximum absolute atomic E-state index is 13.0. The summed E-state index contributed by atoms with van der Waals surface area (Å²) < 4.78 is 1.72. The fourth-order valence-electron chi connectivity index (χ4n) is 3.92. The van der Waals surface area contributed by atoms with Gasteiger partial charge in [0.1, 0.15) is 11.5 Å². The monoisotopic (exact) mass is 415 g/mol. The standard InChI is InChI=1S/C22H13N3O6/c26-17-3-1-2-13-19(17)22(29)20-14(21(13)28)6-11(7-18(20)27)9-24-10-23-15-8-12(25(30)31)4-5-16(15)24/h1-8,10,26-27H,9H2. The van der Waals surface area contributed by atoms with Crippen molar-refractivity contribution in [3.63, 3.8) is 0 Å².